The maximum atomic E-state index is 11.8. The summed E-state index contributed by atoms with van der Waals surface area (Å²) in [5.41, 5.74) is 1.46. The van der Waals surface area contributed by atoms with Crippen molar-refractivity contribution in [3.8, 4) is 11.5 Å². The Balaban J connectivity index is 1.81. The van der Waals surface area contributed by atoms with E-state index >= 15 is 0 Å². The standard InChI is InChI=1S/C13H11Br2N3O3/c1-18-13(19)11(15)9(5-17-18)16-4-7-2-8(14)12-10(3-7)20-6-21-12/h2-3,5,16H,4,6H2,1H3. The van der Waals surface area contributed by atoms with Gasteiger partial charge in [0.1, 0.15) is 4.47 Å². The van der Waals surface area contributed by atoms with Crippen molar-refractivity contribution in [2.24, 2.45) is 7.05 Å². The Labute approximate surface area is 137 Å². The van der Waals surface area contributed by atoms with Gasteiger partial charge in [0.15, 0.2) is 11.5 Å². The van der Waals surface area contributed by atoms with E-state index in [2.05, 4.69) is 42.3 Å². The zero-order valence-electron chi connectivity index (χ0n) is 11.0. The van der Waals surface area contributed by atoms with E-state index in [0.717, 1.165) is 15.8 Å². The molecule has 1 aromatic carbocycles. The fourth-order valence-electron chi connectivity index (χ4n) is 1.95. The number of rotatable bonds is 3. The largest absolute Gasteiger partial charge is 0.454 e. The van der Waals surface area contributed by atoms with Gasteiger partial charge >= 0.3 is 0 Å². The van der Waals surface area contributed by atoms with Crippen molar-refractivity contribution in [2.45, 2.75) is 6.54 Å². The summed E-state index contributed by atoms with van der Waals surface area (Å²) in [6.45, 7) is 0.762. The zero-order chi connectivity index (χ0) is 15.0. The molecule has 110 valence electrons. The van der Waals surface area contributed by atoms with Gasteiger partial charge in [-0.15, -0.1) is 0 Å². The smallest absolute Gasteiger partial charge is 0.282 e. The van der Waals surface area contributed by atoms with Gasteiger partial charge in [-0.25, -0.2) is 4.68 Å². The number of halogens is 2. The minimum atomic E-state index is -0.188. The van der Waals surface area contributed by atoms with Crippen LogP contribution in [0, 0.1) is 0 Å². The Morgan fingerprint density at radius 3 is 3.00 bits per heavy atom. The van der Waals surface area contributed by atoms with Gasteiger partial charge in [-0.1, -0.05) is 0 Å². The number of fused-ring (bicyclic) bond motifs is 1. The van der Waals surface area contributed by atoms with Crippen LogP contribution in [-0.2, 0) is 13.6 Å². The Hall–Kier alpha value is -1.54. The summed E-state index contributed by atoms with van der Waals surface area (Å²) in [6, 6.07) is 3.85. The SMILES string of the molecule is Cn1ncc(NCc2cc(Br)c3c(c2)OCO3)c(Br)c1=O. The molecule has 0 aliphatic carbocycles. The van der Waals surface area contributed by atoms with Crippen molar-refractivity contribution >= 4 is 37.5 Å². The fraction of sp³-hybridized carbons (Fsp3) is 0.231. The first kappa shape index (κ1) is 14.4. The number of benzene rings is 1. The van der Waals surface area contributed by atoms with E-state index in [1.165, 1.54) is 4.68 Å². The highest BCUT2D eigenvalue weighted by atomic mass is 79.9. The predicted octanol–water partition coefficient (Wildman–Crippen LogP) is 2.65. The Bertz CT molecular complexity index is 761. The van der Waals surface area contributed by atoms with Crippen molar-refractivity contribution in [1.29, 1.82) is 0 Å². The third kappa shape index (κ3) is 2.77. The molecule has 1 N–H and O–H groups in total. The molecular formula is C13H11Br2N3O3. The maximum absolute atomic E-state index is 11.8. The van der Waals surface area contributed by atoms with E-state index in [-0.39, 0.29) is 12.4 Å². The third-order valence-corrected chi connectivity index (χ3v) is 4.40. The van der Waals surface area contributed by atoms with Crippen LogP contribution in [0.15, 0.2) is 32.1 Å². The number of aryl methyl sites for hydroxylation is 1. The first-order valence-corrected chi connectivity index (χ1v) is 7.68. The molecule has 0 unspecified atom stereocenters. The molecule has 0 bridgehead atoms. The number of aromatic nitrogens is 2. The van der Waals surface area contributed by atoms with Crippen LogP contribution < -0.4 is 20.3 Å². The van der Waals surface area contributed by atoms with E-state index in [1.807, 2.05) is 12.1 Å². The molecule has 0 radical (unpaired) electrons. The molecular weight excluding hydrogens is 406 g/mol. The first-order chi connectivity index (χ1) is 10.1. The zero-order valence-corrected chi connectivity index (χ0v) is 14.2. The number of ether oxygens (including phenoxy) is 2. The second kappa shape index (κ2) is 5.69. The van der Waals surface area contributed by atoms with Crippen molar-refractivity contribution in [3.63, 3.8) is 0 Å². The van der Waals surface area contributed by atoms with Gasteiger partial charge in [0.25, 0.3) is 5.56 Å². The van der Waals surface area contributed by atoms with Crippen LogP contribution in [-0.4, -0.2) is 16.6 Å². The summed E-state index contributed by atoms with van der Waals surface area (Å²) in [5.74, 6) is 1.43. The molecule has 0 atom stereocenters. The summed E-state index contributed by atoms with van der Waals surface area (Å²) in [5, 5.41) is 7.16. The molecule has 1 aliphatic heterocycles. The van der Waals surface area contributed by atoms with Crippen LogP contribution in [0.4, 0.5) is 5.69 Å². The molecule has 21 heavy (non-hydrogen) atoms. The second-order valence-corrected chi connectivity index (χ2v) is 6.11. The summed E-state index contributed by atoms with van der Waals surface area (Å²) < 4.78 is 13.3. The van der Waals surface area contributed by atoms with Gasteiger partial charge in [-0.05, 0) is 49.6 Å². The average molecular weight is 417 g/mol. The van der Waals surface area contributed by atoms with Gasteiger partial charge < -0.3 is 14.8 Å². The summed E-state index contributed by atoms with van der Waals surface area (Å²) in [4.78, 5) is 11.8. The third-order valence-electron chi connectivity index (χ3n) is 3.05. The monoisotopic (exact) mass is 415 g/mol. The molecule has 3 rings (SSSR count). The average Bonchev–Trinajstić information content (AvgIpc) is 2.93. The van der Waals surface area contributed by atoms with E-state index in [9.17, 15) is 4.79 Å². The lowest BCUT2D eigenvalue weighted by Gasteiger charge is -2.10. The molecule has 6 nitrogen and oxygen atoms in total. The summed E-state index contributed by atoms with van der Waals surface area (Å²) in [7, 11) is 1.60. The highest BCUT2D eigenvalue weighted by Crippen LogP contribution is 2.40. The molecule has 0 amide bonds. The Morgan fingerprint density at radius 2 is 2.19 bits per heavy atom. The molecule has 0 spiro atoms. The molecule has 0 fully saturated rings. The molecule has 2 aromatic rings. The van der Waals surface area contributed by atoms with Crippen LogP contribution in [0.5, 0.6) is 11.5 Å². The van der Waals surface area contributed by atoms with Gasteiger partial charge in [0, 0.05) is 13.6 Å². The quantitative estimate of drug-likeness (QED) is 0.833. The normalized spacial score (nSPS) is 12.5. The Morgan fingerprint density at radius 1 is 1.38 bits per heavy atom. The van der Waals surface area contributed by atoms with Crippen LogP contribution in [0.1, 0.15) is 5.56 Å². The van der Waals surface area contributed by atoms with Gasteiger partial charge in [0.2, 0.25) is 6.79 Å². The number of hydrogen-bond donors (Lipinski definition) is 1. The maximum Gasteiger partial charge on any atom is 0.282 e. The van der Waals surface area contributed by atoms with Gasteiger partial charge in [0.05, 0.1) is 16.4 Å². The highest BCUT2D eigenvalue weighted by molar-refractivity contribution is 9.11. The minimum absolute atomic E-state index is 0.188. The van der Waals surface area contributed by atoms with Crippen LogP contribution in [0.3, 0.4) is 0 Å². The lowest BCUT2D eigenvalue weighted by molar-refractivity contribution is 0.173. The molecule has 0 saturated heterocycles. The first-order valence-electron chi connectivity index (χ1n) is 6.10. The topological polar surface area (TPSA) is 65.4 Å². The van der Waals surface area contributed by atoms with Crippen molar-refractivity contribution in [2.75, 3.05) is 12.1 Å². The number of nitrogens with one attached hydrogen (secondary N) is 1. The molecule has 2 heterocycles. The fourth-order valence-corrected chi connectivity index (χ4v) is 3.06. The minimum Gasteiger partial charge on any atom is -0.454 e. The van der Waals surface area contributed by atoms with Crippen LogP contribution >= 0.6 is 31.9 Å². The Kier molecular flexibility index (Phi) is 3.90. The van der Waals surface area contributed by atoms with E-state index in [1.54, 1.807) is 13.2 Å². The van der Waals surface area contributed by atoms with Crippen molar-refractivity contribution in [1.82, 2.24) is 9.78 Å². The summed E-state index contributed by atoms with van der Waals surface area (Å²) >= 11 is 6.73. The predicted molar refractivity (Wildman–Crippen MR) is 84.8 cm³/mol. The van der Waals surface area contributed by atoms with E-state index in [0.29, 0.717) is 22.5 Å². The van der Waals surface area contributed by atoms with Crippen molar-refractivity contribution < 1.29 is 9.47 Å². The molecule has 1 aliphatic rings. The summed E-state index contributed by atoms with van der Waals surface area (Å²) in [6.07, 6.45) is 1.60. The van der Waals surface area contributed by atoms with E-state index in [4.69, 9.17) is 9.47 Å². The number of anilines is 1. The van der Waals surface area contributed by atoms with Crippen LogP contribution in [0.2, 0.25) is 0 Å². The number of nitrogens with zero attached hydrogens (tertiary/aromatic N) is 2. The lowest BCUT2D eigenvalue weighted by atomic mass is 10.2. The van der Waals surface area contributed by atoms with E-state index < -0.39 is 0 Å². The van der Waals surface area contributed by atoms with Gasteiger partial charge in [-0.3, -0.25) is 4.79 Å². The van der Waals surface area contributed by atoms with Gasteiger partial charge in [-0.2, -0.15) is 5.10 Å². The number of hydrogen-bond acceptors (Lipinski definition) is 5. The lowest BCUT2D eigenvalue weighted by Crippen LogP contribution is -2.21. The molecule has 1 aromatic heterocycles. The van der Waals surface area contributed by atoms with Crippen LogP contribution in [0.25, 0.3) is 0 Å². The molecule has 0 saturated carbocycles. The van der Waals surface area contributed by atoms with Crippen molar-refractivity contribution in [3.05, 3.63) is 43.2 Å². The second-order valence-electron chi connectivity index (χ2n) is 4.47. The molecule has 8 heteroatoms. The highest BCUT2D eigenvalue weighted by Gasteiger charge is 2.18.